The van der Waals surface area contributed by atoms with E-state index in [9.17, 15) is 0 Å². The molecule has 0 aromatic carbocycles. The summed E-state index contributed by atoms with van der Waals surface area (Å²) >= 11 is 5.18. The van der Waals surface area contributed by atoms with Crippen LogP contribution >= 0.6 is 12.2 Å². The Morgan fingerprint density at radius 2 is 2.29 bits per heavy atom. The second-order valence-corrected chi connectivity index (χ2v) is 4.18. The molecule has 0 amide bonds. The van der Waals surface area contributed by atoms with Gasteiger partial charge in [0.05, 0.1) is 6.54 Å². The van der Waals surface area contributed by atoms with Gasteiger partial charge in [0.15, 0.2) is 5.11 Å². The summed E-state index contributed by atoms with van der Waals surface area (Å²) in [5, 5.41) is 7.03. The molecule has 0 aliphatic carbocycles. The summed E-state index contributed by atoms with van der Waals surface area (Å²) in [4.78, 5) is 0. The molecule has 0 fully saturated rings. The van der Waals surface area contributed by atoms with Crippen molar-refractivity contribution in [3.8, 4) is 0 Å². The topological polar surface area (TPSA) is 38.2 Å². The Morgan fingerprint density at radius 3 is 2.94 bits per heavy atom. The van der Waals surface area contributed by atoms with Crippen LogP contribution in [-0.2, 0) is 18.3 Å². The second kappa shape index (κ2) is 8.08. The first-order chi connectivity index (χ1) is 8.24. The summed E-state index contributed by atoms with van der Waals surface area (Å²) in [6.45, 7) is 5.15. The number of aromatic nitrogens is 1. The number of ether oxygens (including phenoxy) is 1. The third-order valence-corrected chi connectivity index (χ3v) is 2.73. The molecule has 4 nitrogen and oxygen atoms in total. The molecule has 96 valence electrons. The van der Waals surface area contributed by atoms with Crippen LogP contribution in [0.4, 0.5) is 0 Å². The van der Waals surface area contributed by atoms with Crippen LogP contribution in [0.2, 0.25) is 0 Å². The molecule has 0 bridgehead atoms. The predicted octanol–water partition coefficient (Wildman–Crippen LogP) is 1.42. The van der Waals surface area contributed by atoms with E-state index in [1.54, 1.807) is 0 Å². The molecule has 1 heterocycles. The van der Waals surface area contributed by atoms with Crippen LogP contribution in [0.25, 0.3) is 0 Å². The van der Waals surface area contributed by atoms with Crippen LogP contribution in [0.5, 0.6) is 0 Å². The van der Waals surface area contributed by atoms with E-state index in [2.05, 4.69) is 21.3 Å². The zero-order valence-corrected chi connectivity index (χ0v) is 11.3. The van der Waals surface area contributed by atoms with Crippen LogP contribution in [0.15, 0.2) is 18.3 Å². The number of nitrogens with one attached hydrogen (secondary N) is 2. The summed E-state index contributed by atoms with van der Waals surface area (Å²) in [6, 6.07) is 4.10. The standard InChI is InChI=1S/C12H21N3OS/c1-3-16-9-5-7-13-12(17)14-10-11-6-4-8-15(11)2/h4,6,8H,3,5,7,9-10H2,1-2H3,(H2,13,14,17). The molecule has 17 heavy (non-hydrogen) atoms. The van der Waals surface area contributed by atoms with Gasteiger partial charge in [0.1, 0.15) is 0 Å². The summed E-state index contributed by atoms with van der Waals surface area (Å²) in [6.07, 6.45) is 3.00. The molecule has 5 heteroatoms. The van der Waals surface area contributed by atoms with Crippen molar-refractivity contribution in [1.82, 2.24) is 15.2 Å². The van der Waals surface area contributed by atoms with Gasteiger partial charge < -0.3 is 19.9 Å². The van der Waals surface area contributed by atoms with E-state index >= 15 is 0 Å². The highest BCUT2D eigenvalue weighted by molar-refractivity contribution is 7.80. The Labute approximate surface area is 108 Å². The third-order valence-electron chi connectivity index (χ3n) is 2.44. The lowest BCUT2D eigenvalue weighted by atomic mass is 10.4. The Bertz CT molecular complexity index is 338. The van der Waals surface area contributed by atoms with E-state index in [-0.39, 0.29) is 0 Å². The van der Waals surface area contributed by atoms with E-state index in [4.69, 9.17) is 17.0 Å². The number of hydrogen-bond donors (Lipinski definition) is 2. The van der Waals surface area contributed by atoms with Crippen molar-refractivity contribution in [2.45, 2.75) is 19.9 Å². The maximum Gasteiger partial charge on any atom is 0.166 e. The first-order valence-electron chi connectivity index (χ1n) is 5.93. The molecule has 0 aliphatic rings. The highest BCUT2D eigenvalue weighted by Gasteiger charge is 1.98. The number of hydrogen-bond acceptors (Lipinski definition) is 2. The van der Waals surface area contributed by atoms with Gasteiger partial charge >= 0.3 is 0 Å². The third kappa shape index (κ3) is 5.70. The van der Waals surface area contributed by atoms with Gasteiger partial charge in [-0.05, 0) is 37.7 Å². The summed E-state index contributed by atoms with van der Waals surface area (Å²) < 4.78 is 7.32. The monoisotopic (exact) mass is 255 g/mol. The molecule has 0 atom stereocenters. The van der Waals surface area contributed by atoms with E-state index in [1.165, 1.54) is 5.69 Å². The SMILES string of the molecule is CCOCCCNC(=S)NCc1cccn1C. The van der Waals surface area contributed by atoms with E-state index in [1.807, 2.05) is 26.2 Å². The summed E-state index contributed by atoms with van der Waals surface area (Å²) in [5.41, 5.74) is 1.21. The fourth-order valence-corrected chi connectivity index (χ4v) is 1.61. The van der Waals surface area contributed by atoms with E-state index in [0.29, 0.717) is 5.11 Å². The van der Waals surface area contributed by atoms with Gasteiger partial charge in [0.2, 0.25) is 0 Å². The smallest absolute Gasteiger partial charge is 0.166 e. The molecule has 1 aromatic rings. The quantitative estimate of drug-likeness (QED) is 0.571. The second-order valence-electron chi connectivity index (χ2n) is 3.77. The van der Waals surface area contributed by atoms with Crippen molar-refractivity contribution in [3.63, 3.8) is 0 Å². The highest BCUT2D eigenvalue weighted by atomic mass is 32.1. The average Bonchev–Trinajstić information content (AvgIpc) is 2.72. The van der Waals surface area contributed by atoms with Crippen molar-refractivity contribution < 1.29 is 4.74 Å². The van der Waals surface area contributed by atoms with Crippen molar-refractivity contribution >= 4 is 17.3 Å². The Hall–Kier alpha value is -1.07. The molecule has 1 aromatic heterocycles. The van der Waals surface area contributed by atoms with Gasteiger partial charge in [0.25, 0.3) is 0 Å². The van der Waals surface area contributed by atoms with Crippen LogP contribution in [-0.4, -0.2) is 29.4 Å². The first kappa shape index (κ1) is 14.0. The largest absolute Gasteiger partial charge is 0.382 e. The van der Waals surface area contributed by atoms with Crippen LogP contribution in [0.3, 0.4) is 0 Å². The van der Waals surface area contributed by atoms with Crippen molar-refractivity contribution in [3.05, 3.63) is 24.0 Å². The molecule has 0 saturated heterocycles. The lowest BCUT2D eigenvalue weighted by Crippen LogP contribution is -2.36. The molecule has 0 spiro atoms. The predicted molar refractivity (Wildman–Crippen MR) is 74.0 cm³/mol. The Balaban J connectivity index is 2.07. The van der Waals surface area contributed by atoms with Gasteiger partial charge in [-0.15, -0.1) is 0 Å². The van der Waals surface area contributed by atoms with E-state index in [0.717, 1.165) is 32.7 Å². The maximum atomic E-state index is 5.24. The van der Waals surface area contributed by atoms with Gasteiger partial charge in [0, 0.05) is 38.7 Å². The summed E-state index contributed by atoms with van der Waals surface area (Å²) in [7, 11) is 2.02. The minimum atomic E-state index is 0.697. The first-order valence-corrected chi connectivity index (χ1v) is 6.34. The normalized spacial score (nSPS) is 10.2. The van der Waals surface area contributed by atoms with Gasteiger partial charge in [-0.25, -0.2) is 0 Å². The van der Waals surface area contributed by atoms with Gasteiger partial charge in [-0.1, -0.05) is 0 Å². The lowest BCUT2D eigenvalue weighted by molar-refractivity contribution is 0.145. The number of thiocarbonyl (C=S) groups is 1. The minimum absolute atomic E-state index is 0.697. The molecule has 2 N–H and O–H groups in total. The molecule has 1 rings (SSSR count). The molecule has 0 aliphatic heterocycles. The van der Waals surface area contributed by atoms with Gasteiger partial charge in [-0.2, -0.15) is 0 Å². The highest BCUT2D eigenvalue weighted by Crippen LogP contribution is 1.97. The number of nitrogens with zero attached hydrogens (tertiary/aromatic N) is 1. The fourth-order valence-electron chi connectivity index (χ4n) is 1.43. The molecule has 0 unspecified atom stereocenters. The van der Waals surface area contributed by atoms with Crippen LogP contribution in [0.1, 0.15) is 19.0 Å². The van der Waals surface area contributed by atoms with Crippen LogP contribution in [0, 0.1) is 0 Å². The van der Waals surface area contributed by atoms with E-state index < -0.39 is 0 Å². The molecular formula is C12H21N3OS. The Kier molecular flexibility index (Phi) is 6.65. The molecule has 0 radical (unpaired) electrons. The summed E-state index contributed by atoms with van der Waals surface area (Å²) in [5.74, 6) is 0. The van der Waals surface area contributed by atoms with Crippen molar-refractivity contribution in [2.75, 3.05) is 19.8 Å². The lowest BCUT2D eigenvalue weighted by Gasteiger charge is -2.10. The number of rotatable bonds is 7. The van der Waals surface area contributed by atoms with Crippen molar-refractivity contribution in [2.24, 2.45) is 7.05 Å². The molecular weight excluding hydrogens is 234 g/mol. The Morgan fingerprint density at radius 1 is 1.47 bits per heavy atom. The minimum Gasteiger partial charge on any atom is -0.382 e. The zero-order chi connectivity index (χ0) is 12.5. The average molecular weight is 255 g/mol. The fraction of sp³-hybridized carbons (Fsp3) is 0.583. The maximum absolute atomic E-state index is 5.24. The van der Waals surface area contributed by atoms with Crippen LogP contribution < -0.4 is 10.6 Å². The molecule has 0 saturated carbocycles. The number of aryl methyl sites for hydroxylation is 1. The van der Waals surface area contributed by atoms with Crippen molar-refractivity contribution in [1.29, 1.82) is 0 Å². The van der Waals surface area contributed by atoms with Gasteiger partial charge in [-0.3, -0.25) is 0 Å². The zero-order valence-electron chi connectivity index (χ0n) is 10.5.